The van der Waals surface area contributed by atoms with E-state index >= 15 is 0 Å². The van der Waals surface area contributed by atoms with Crippen LogP contribution < -0.4 is 5.32 Å². The molecular formula is C16H18ClN3O2S. The normalized spacial score (nSPS) is 16.5. The molecule has 1 aliphatic carbocycles. The van der Waals surface area contributed by atoms with E-state index in [1.807, 2.05) is 18.4 Å². The zero-order valence-corrected chi connectivity index (χ0v) is 14.6. The smallest absolute Gasteiger partial charge is 0.253 e. The van der Waals surface area contributed by atoms with Crippen LogP contribution in [0.3, 0.4) is 0 Å². The Kier molecular flexibility index (Phi) is 4.64. The fourth-order valence-corrected chi connectivity index (χ4v) is 3.61. The van der Waals surface area contributed by atoms with Crippen molar-refractivity contribution in [1.82, 2.24) is 15.5 Å². The van der Waals surface area contributed by atoms with E-state index in [1.54, 1.807) is 24.8 Å². The zero-order valence-electron chi connectivity index (χ0n) is 13.1. The van der Waals surface area contributed by atoms with Crippen molar-refractivity contribution < 1.29 is 9.32 Å². The van der Waals surface area contributed by atoms with Gasteiger partial charge in [0.15, 0.2) is 5.82 Å². The Hall–Kier alpha value is -1.53. The summed E-state index contributed by atoms with van der Waals surface area (Å²) in [5.41, 5.74) is -0.0851. The molecule has 1 saturated carbocycles. The molecule has 0 saturated heterocycles. The first kappa shape index (κ1) is 16.3. The van der Waals surface area contributed by atoms with Gasteiger partial charge in [0, 0.05) is 11.8 Å². The molecule has 1 fully saturated rings. The summed E-state index contributed by atoms with van der Waals surface area (Å²) in [4.78, 5) is 18.1. The van der Waals surface area contributed by atoms with E-state index in [2.05, 4.69) is 15.5 Å². The van der Waals surface area contributed by atoms with Crippen molar-refractivity contribution in [3.8, 4) is 0 Å². The van der Waals surface area contributed by atoms with Crippen LogP contribution in [0.25, 0.3) is 0 Å². The highest BCUT2D eigenvalue weighted by Crippen LogP contribution is 2.38. The molecule has 1 aromatic carbocycles. The van der Waals surface area contributed by atoms with Crippen LogP contribution >= 0.6 is 23.4 Å². The Bertz CT molecular complexity index is 726. The lowest BCUT2D eigenvalue weighted by Gasteiger charge is -2.27. The van der Waals surface area contributed by atoms with Crippen LogP contribution in [0.5, 0.6) is 0 Å². The number of carbonyl (C=O) groups is 1. The quantitative estimate of drug-likeness (QED) is 0.844. The molecule has 7 heteroatoms. The van der Waals surface area contributed by atoms with E-state index in [-0.39, 0.29) is 5.91 Å². The van der Waals surface area contributed by atoms with Crippen LogP contribution in [-0.2, 0) is 5.54 Å². The van der Waals surface area contributed by atoms with Gasteiger partial charge < -0.3 is 9.84 Å². The van der Waals surface area contributed by atoms with Crippen molar-refractivity contribution >= 4 is 29.3 Å². The maximum absolute atomic E-state index is 12.8. The molecule has 1 amide bonds. The summed E-state index contributed by atoms with van der Waals surface area (Å²) in [6.45, 7) is 1.75. The molecule has 0 aliphatic heterocycles. The number of rotatable bonds is 4. The van der Waals surface area contributed by atoms with Gasteiger partial charge in [-0.05, 0) is 37.3 Å². The first-order chi connectivity index (χ1) is 11.0. The third-order valence-corrected chi connectivity index (χ3v) is 5.24. The molecule has 0 spiro atoms. The molecule has 1 heterocycles. The number of nitrogens with zero attached hydrogens (tertiary/aromatic N) is 2. The van der Waals surface area contributed by atoms with Gasteiger partial charge in [0.1, 0.15) is 5.54 Å². The number of benzene rings is 1. The zero-order chi connectivity index (χ0) is 16.4. The lowest BCUT2D eigenvalue weighted by Crippen LogP contribution is -2.44. The summed E-state index contributed by atoms with van der Waals surface area (Å²) in [6.07, 6.45) is 5.61. The summed E-state index contributed by atoms with van der Waals surface area (Å²) in [5.74, 6) is 0.858. The predicted molar refractivity (Wildman–Crippen MR) is 89.9 cm³/mol. The largest absolute Gasteiger partial charge is 0.340 e. The molecule has 122 valence electrons. The van der Waals surface area contributed by atoms with Gasteiger partial charge in [-0.15, -0.1) is 11.8 Å². The highest BCUT2D eigenvalue weighted by atomic mass is 35.5. The fraction of sp³-hybridized carbons (Fsp3) is 0.438. The van der Waals surface area contributed by atoms with Crippen molar-refractivity contribution in [3.63, 3.8) is 0 Å². The van der Waals surface area contributed by atoms with Gasteiger partial charge in [-0.25, -0.2) is 0 Å². The molecular weight excluding hydrogens is 334 g/mol. The Morgan fingerprint density at radius 2 is 2.13 bits per heavy atom. The molecule has 0 radical (unpaired) electrons. The third kappa shape index (κ3) is 3.23. The standard InChI is InChI=1S/C16H18ClN3O2S/c1-10-18-15(20-22-10)16(7-3-4-8-16)19-14(21)12-9-11(23-2)5-6-13(12)17/h5-6,9H,3-4,7-8H2,1-2H3,(H,19,21). The monoisotopic (exact) mass is 351 g/mol. The van der Waals surface area contributed by atoms with Crippen molar-refractivity contribution in [3.05, 3.63) is 40.5 Å². The summed E-state index contributed by atoms with van der Waals surface area (Å²) < 4.78 is 5.11. The number of carbonyl (C=O) groups excluding carboxylic acids is 1. The van der Waals surface area contributed by atoms with Gasteiger partial charge in [0.05, 0.1) is 10.6 Å². The second-order valence-electron chi connectivity index (χ2n) is 5.73. The van der Waals surface area contributed by atoms with E-state index < -0.39 is 5.54 Å². The second kappa shape index (κ2) is 6.53. The first-order valence-electron chi connectivity index (χ1n) is 7.51. The van der Waals surface area contributed by atoms with Crippen LogP contribution in [0, 0.1) is 6.92 Å². The molecule has 0 bridgehead atoms. The highest BCUT2D eigenvalue weighted by molar-refractivity contribution is 7.98. The lowest BCUT2D eigenvalue weighted by atomic mass is 9.96. The number of halogens is 1. The van der Waals surface area contributed by atoms with Gasteiger partial charge >= 0.3 is 0 Å². The highest BCUT2D eigenvalue weighted by Gasteiger charge is 2.41. The average molecular weight is 352 g/mol. The van der Waals surface area contributed by atoms with Crippen LogP contribution in [0.15, 0.2) is 27.6 Å². The number of aromatic nitrogens is 2. The van der Waals surface area contributed by atoms with E-state index in [9.17, 15) is 4.79 Å². The molecule has 0 atom stereocenters. The third-order valence-electron chi connectivity index (χ3n) is 4.18. The average Bonchev–Trinajstić information content (AvgIpc) is 3.17. The van der Waals surface area contributed by atoms with Crippen molar-refractivity contribution in [1.29, 1.82) is 0 Å². The molecule has 1 aromatic heterocycles. The second-order valence-corrected chi connectivity index (χ2v) is 7.01. The Balaban J connectivity index is 1.90. The van der Waals surface area contributed by atoms with Crippen LogP contribution in [0.1, 0.15) is 47.8 Å². The topological polar surface area (TPSA) is 68.0 Å². The molecule has 5 nitrogen and oxygen atoms in total. The van der Waals surface area contributed by atoms with Gasteiger partial charge in [-0.2, -0.15) is 4.98 Å². The molecule has 23 heavy (non-hydrogen) atoms. The van der Waals surface area contributed by atoms with E-state index in [4.69, 9.17) is 16.1 Å². The van der Waals surface area contributed by atoms with Crippen molar-refractivity contribution in [2.75, 3.05) is 6.26 Å². The van der Waals surface area contributed by atoms with Gasteiger partial charge in [0.2, 0.25) is 5.89 Å². The van der Waals surface area contributed by atoms with Crippen LogP contribution in [0.2, 0.25) is 5.02 Å². The SMILES string of the molecule is CSc1ccc(Cl)c(C(=O)NC2(c3noc(C)n3)CCCC2)c1. The van der Waals surface area contributed by atoms with Crippen LogP contribution in [0.4, 0.5) is 0 Å². The number of thioether (sulfide) groups is 1. The maximum Gasteiger partial charge on any atom is 0.253 e. The van der Waals surface area contributed by atoms with E-state index in [0.29, 0.717) is 22.3 Å². The van der Waals surface area contributed by atoms with Crippen LogP contribution in [-0.4, -0.2) is 22.3 Å². The van der Waals surface area contributed by atoms with E-state index in [0.717, 1.165) is 30.6 Å². The number of nitrogens with one attached hydrogen (secondary N) is 1. The van der Waals surface area contributed by atoms with Gasteiger partial charge in [-0.3, -0.25) is 4.79 Å². The molecule has 2 aromatic rings. The van der Waals surface area contributed by atoms with E-state index in [1.165, 1.54) is 0 Å². The van der Waals surface area contributed by atoms with Gasteiger partial charge in [-0.1, -0.05) is 29.6 Å². The number of amides is 1. The van der Waals surface area contributed by atoms with Crippen molar-refractivity contribution in [2.24, 2.45) is 0 Å². The van der Waals surface area contributed by atoms with Gasteiger partial charge in [0.25, 0.3) is 5.91 Å². The number of hydrogen-bond acceptors (Lipinski definition) is 5. The Morgan fingerprint density at radius 1 is 1.39 bits per heavy atom. The summed E-state index contributed by atoms with van der Waals surface area (Å²) in [7, 11) is 0. The molecule has 0 unspecified atom stereocenters. The first-order valence-corrected chi connectivity index (χ1v) is 9.11. The molecule has 1 N–H and O–H groups in total. The summed E-state index contributed by atoms with van der Waals surface area (Å²) in [6, 6.07) is 5.46. The molecule has 1 aliphatic rings. The Morgan fingerprint density at radius 3 is 2.74 bits per heavy atom. The maximum atomic E-state index is 12.8. The number of aryl methyl sites for hydroxylation is 1. The minimum atomic E-state index is -0.562. The van der Waals surface area contributed by atoms with Crippen molar-refractivity contribution in [2.45, 2.75) is 43.0 Å². The Labute approximate surface area is 144 Å². The molecule has 3 rings (SSSR count). The number of hydrogen-bond donors (Lipinski definition) is 1. The minimum Gasteiger partial charge on any atom is -0.340 e. The minimum absolute atomic E-state index is 0.199. The predicted octanol–water partition coefficient (Wildman–Crippen LogP) is 3.95. The summed E-state index contributed by atoms with van der Waals surface area (Å²) >= 11 is 7.78. The summed E-state index contributed by atoms with van der Waals surface area (Å²) in [5, 5.41) is 7.59. The lowest BCUT2D eigenvalue weighted by molar-refractivity contribution is 0.0892. The fourth-order valence-electron chi connectivity index (χ4n) is 2.97.